The molecule has 70 valence electrons. The predicted octanol–water partition coefficient (Wildman–Crippen LogP) is 0.866. The van der Waals surface area contributed by atoms with Crippen molar-refractivity contribution in [1.29, 1.82) is 0 Å². The molecule has 1 heterocycles. The van der Waals surface area contributed by atoms with Crippen LogP contribution < -0.4 is 0 Å². The van der Waals surface area contributed by atoms with Crippen molar-refractivity contribution < 1.29 is 9.90 Å². The van der Waals surface area contributed by atoms with E-state index in [1.54, 1.807) is 11.6 Å². The van der Waals surface area contributed by atoms with Gasteiger partial charge in [0.1, 0.15) is 0 Å². The first-order chi connectivity index (χ1) is 6.11. The van der Waals surface area contributed by atoms with E-state index < -0.39 is 5.97 Å². The number of carbonyl (C=O) groups is 1. The molecule has 1 aromatic rings. The molecule has 0 amide bonds. The molecule has 5 heteroatoms. The van der Waals surface area contributed by atoms with Crippen LogP contribution in [0.2, 0.25) is 0 Å². The van der Waals surface area contributed by atoms with E-state index >= 15 is 0 Å². The molecule has 0 bridgehead atoms. The minimum Gasteiger partial charge on any atom is -0.476 e. The van der Waals surface area contributed by atoms with E-state index in [0.717, 1.165) is 6.42 Å². The van der Waals surface area contributed by atoms with Gasteiger partial charge in [-0.15, -0.1) is 5.10 Å². The summed E-state index contributed by atoms with van der Waals surface area (Å²) in [5.74, 6) is -0.404. The summed E-state index contributed by atoms with van der Waals surface area (Å²) in [5.41, 5.74) is 0.723. The average Bonchev–Trinajstić information content (AvgIpc) is 2.61. The van der Waals surface area contributed by atoms with Crippen LogP contribution in [0.3, 0.4) is 0 Å². The molecule has 1 fully saturated rings. The summed E-state index contributed by atoms with van der Waals surface area (Å²) in [4.78, 5) is 10.6. The summed E-state index contributed by atoms with van der Waals surface area (Å²) in [6.45, 7) is 3.86. The van der Waals surface area contributed by atoms with Crippen LogP contribution in [0.5, 0.6) is 0 Å². The van der Waals surface area contributed by atoms with Crippen molar-refractivity contribution in [1.82, 2.24) is 15.0 Å². The van der Waals surface area contributed by atoms with E-state index in [-0.39, 0.29) is 5.69 Å². The number of hydrogen-bond donors (Lipinski definition) is 1. The van der Waals surface area contributed by atoms with Gasteiger partial charge in [0.2, 0.25) is 0 Å². The second kappa shape index (κ2) is 2.55. The molecule has 2 atom stereocenters. The lowest BCUT2D eigenvalue weighted by molar-refractivity contribution is 0.0689. The zero-order chi connectivity index (χ0) is 9.59. The van der Waals surface area contributed by atoms with Crippen molar-refractivity contribution in [3.05, 3.63) is 11.4 Å². The van der Waals surface area contributed by atoms with Gasteiger partial charge in [0.15, 0.2) is 5.69 Å². The Hall–Kier alpha value is -1.39. The number of aromatic carboxylic acids is 1. The third-order valence-corrected chi connectivity index (χ3v) is 2.51. The lowest BCUT2D eigenvalue weighted by atomic mass is 10.3. The van der Waals surface area contributed by atoms with Crippen molar-refractivity contribution in [3.8, 4) is 0 Å². The summed E-state index contributed by atoms with van der Waals surface area (Å²) in [6, 6.07) is 0.362. The first kappa shape index (κ1) is 8.22. The third kappa shape index (κ3) is 1.20. The van der Waals surface area contributed by atoms with E-state index in [1.165, 1.54) is 0 Å². The highest BCUT2D eigenvalue weighted by Crippen LogP contribution is 2.42. The monoisotopic (exact) mass is 181 g/mol. The molecule has 0 radical (unpaired) electrons. The second-order valence-electron chi connectivity index (χ2n) is 3.55. The van der Waals surface area contributed by atoms with E-state index in [2.05, 4.69) is 17.2 Å². The fraction of sp³-hybridized carbons (Fsp3) is 0.625. The molecule has 0 aromatic carbocycles. The lowest BCUT2D eigenvalue weighted by Gasteiger charge is -1.98. The largest absolute Gasteiger partial charge is 0.476 e. The van der Waals surface area contributed by atoms with Crippen LogP contribution in [-0.2, 0) is 0 Å². The molecule has 1 saturated carbocycles. The van der Waals surface area contributed by atoms with Crippen molar-refractivity contribution in [2.45, 2.75) is 26.3 Å². The maximum Gasteiger partial charge on any atom is 0.358 e. The fourth-order valence-electron chi connectivity index (χ4n) is 1.50. The lowest BCUT2D eigenvalue weighted by Crippen LogP contribution is -2.03. The van der Waals surface area contributed by atoms with Crippen LogP contribution in [0.1, 0.15) is 35.6 Å². The first-order valence-corrected chi connectivity index (χ1v) is 4.26. The quantitative estimate of drug-likeness (QED) is 0.734. The van der Waals surface area contributed by atoms with E-state index in [0.29, 0.717) is 17.7 Å². The summed E-state index contributed by atoms with van der Waals surface area (Å²) < 4.78 is 1.72. The molecule has 1 N–H and O–H groups in total. The Morgan fingerprint density at radius 1 is 1.69 bits per heavy atom. The number of hydrogen-bond acceptors (Lipinski definition) is 3. The summed E-state index contributed by atoms with van der Waals surface area (Å²) in [7, 11) is 0. The van der Waals surface area contributed by atoms with Crippen molar-refractivity contribution in [2.24, 2.45) is 5.92 Å². The normalized spacial score (nSPS) is 26.0. The summed E-state index contributed by atoms with van der Waals surface area (Å²) in [6.07, 6.45) is 1.07. The van der Waals surface area contributed by atoms with Crippen LogP contribution in [0.15, 0.2) is 0 Å². The Balaban J connectivity index is 2.34. The maximum absolute atomic E-state index is 10.6. The number of aromatic nitrogens is 3. The predicted molar refractivity (Wildman–Crippen MR) is 44.5 cm³/mol. The van der Waals surface area contributed by atoms with Gasteiger partial charge >= 0.3 is 5.97 Å². The van der Waals surface area contributed by atoms with Gasteiger partial charge in [-0.05, 0) is 19.3 Å². The van der Waals surface area contributed by atoms with Crippen molar-refractivity contribution in [3.63, 3.8) is 0 Å². The molecular weight excluding hydrogens is 170 g/mol. The number of carboxylic acid groups (broad SMARTS) is 1. The molecule has 1 aliphatic carbocycles. The molecule has 0 spiro atoms. The molecule has 1 aliphatic rings. The van der Waals surface area contributed by atoms with Crippen LogP contribution in [0.25, 0.3) is 0 Å². The van der Waals surface area contributed by atoms with Gasteiger partial charge in [0.25, 0.3) is 0 Å². The Labute approximate surface area is 75.4 Å². The van der Waals surface area contributed by atoms with Gasteiger partial charge in [0.05, 0.1) is 11.7 Å². The van der Waals surface area contributed by atoms with Gasteiger partial charge in [-0.3, -0.25) is 0 Å². The Kier molecular flexibility index (Phi) is 1.61. The SMILES string of the molecule is Cc1c(C(=O)O)nnn1C1CC1C. The molecule has 2 unspecified atom stereocenters. The molecule has 0 saturated heterocycles. The van der Waals surface area contributed by atoms with Gasteiger partial charge in [0, 0.05) is 0 Å². The first-order valence-electron chi connectivity index (χ1n) is 4.26. The van der Waals surface area contributed by atoms with E-state index in [1.807, 2.05) is 0 Å². The molecule has 5 nitrogen and oxygen atoms in total. The number of nitrogens with zero attached hydrogens (tertiary/aromatic N) is 3. The molecular formula is C8H11N3O2. The van der Waals surface area contributed by atoms with Crippen LogP contribution in [-0.4, -0.2) is 26.1 Å². The highest BCUT2D eigenvalue weighted by molar-refractivity contribution is 5.86. The molecule has 2 rings (SSSR count). The smallest absolute Gasteiger partial charge is 0.358 e. The van der Waals surface area contributed by atoms with Crippen LogP contribution in [0.4, 0.5) is 0 Å². The standard InChI is InChI=1S/C8H11N3O2/c1-4-3-6(4)11-5(2)7(8(12)13)9-10-11/h4,6H,3H2,1-2H3,(H,12,13). The topological polar surface area (TPSA) is 68.0 Å². The van der Waals surface area contributed by atoms with E-state index in [4.69, 9.17) is 5.11 Å². The highest BCUT2D eigenvalue weighted by atomic mass is 16.4. The second-order valence-corrected chi connectivity index (χ2v) is 3.55. The van der Waals surface area contributed by atoms with Crippen LogP contribution in [0, 0.1) is 12.8 Å². The highest BCUT2D eigenvalue weighted by Gasteiger charge is 2.37. The van der Waals surface area contributed by atoms with Gasteiger partial charge < -0.3 is 5.11 Å². The Morgan fingerprint density at radius 3 is 2.69 bits per heavy atom. The van der Waals surface area contributed by atoms with E-state index in [9.17, 15) is 4.79 Å². The summed E-state index contributed by atoms with van der Waals surface area (Å²) >= 11 is 0. The van der Waals surface area contributed by atoms with Gasteiger partial charge in [-0.1, -0.05) is 12.1 Å². The molecule has 13 heavy (non-hydrogen) atoms. The van der Waals surface area contributed by atoms with Gasteiger partial charge in [-0.25, -0.2) is 9.48 Å². The minimum atomic E-state index is -1.00. The summed E-state index contributed by atoms with van der Waals surface area (Å²) in [5, 5.41) is 16.2. The maximum atomic E-state index is 10.6. The number of carboxylic acids is 1. The Morgan fingerprint density at radius 2 is 2.31 bits per heavy atom. The third-order valence-electron chi connectivity index (χ3n) is 2.51. The minimum absolute atomic E-state index is 0.0686. The molecule has 0 aliphatic heterocycles. The number of rotatable bonds is 2. The zero-order valence-corrected chi connectivity index (χ0v) is 7.56. The fourth-order valence-corrected chi connectivity index (χ4v) is 1.50. The van der Waals surface area contributed by atoms with Crippen molar-refractivity contribution >= 4 is 5.97 Å². The average molecular weight is 181 g/mol. The Bertz CT molecular complexity index is 358. The zero-order valence-electron chi connectivity index (χ0n) is 7.56. The van der Waals surface area contributed by atoms with Gasteiger partial charge in [-0.2, -0.15) is 0 Å². The van der Waals surface area contributed by atoms with Crippen molar-refractivity contribution in [2.75, 3.05) is 0 Å². The van der Waals surface area contributed by atoms with Crippen LogP contribution >= 0.6 is 0 Å². The molecule has 1 aromatic heterocycles.